The Morgan fingerprint density at radius 1 is 1.47 bits per heavy atom. The zero-order valence-corrected chi connectivity index (χ0v) is 11.0. The predicted octanol–water partition coefficient (Wildman–Crippen LogP) is 0.743. The minimum Gasteiger partial charge on any atom is -0.391 e. The van der Waals surface area contributed by atoms with Crippen molar-refractivity contribution in [3.05, 3.63) is 18.1 Å². The number of likely N-dealkylation sites (tertiary alicyclic amines) is 1. The molecule has 2 aromatic heterocycles. The Bertz CT molecular complexity index is 581. The van der Waals surface area contributed by atoms with Crippen LogP contribution in [0.4, 0.5) is 5.82 Å². The summed E-state index contributed by atoms with van der Waals surface area (Å²) in [6.07, 6.45) is 4.22. The maximum atomic E-state index is 9.95. The van der Waals surface area contributed by atoms with Gasteiger partial charge in [0, 0.05) is 31.4 Å². The summed E-state index contributed by atoms with van der Waals surface area (Å²) in [7, 11) is 0. The van der Waals surface area contributed by atoms with Gasteiger partial charge in [-0.05, 0) is 12.3 Å². The normalized spacial score (nSPS) is 24.3. The van der Waals surface area contributed by atoms with Crippen LogP contribution in [-0.2, 0) is 6.54 Å². The lowest BCUT2D eigenvalue weighted by atomic mass is 10.0. The summed E-state index contributed by atoms with van der Waals surface area (Å²) in [6.45, 7) is 4.57. The number of H-pyrrole nitrogens is 1. The highest BCUT2D eigenvalue weighted by atomic mass is 16.3. The van der Waals surface area contributed by atoms with Gasteiger partial charge in [0.1, 0.15) is 11.8 Å². The van der Waals surface area contributed by atoms with E-state index in [-0.39, 0.29) is 6.10 Å². The molecule has 6 heteroatoms. The van der Waals surface area contributed by atoms with E-state index in [1.165, 1.54) is 6.33 Å². The summed E-state index contributed by atoms with van der Waals surface area (Å²) in [6, 6.07) is 0. The number of fused-ring (bicyclic) bond motifs is 1. The number of rotatable bonds is 3. The van der Waals surface area contributed by atoms with Gasteiger partial charge in [0.25, 0.3) is 0 Å². The first-order valence-electron chi connectivity index (χ1n) is 6.66. The smallest absolute Gasteiger partial charge is 0.151 e. The number of nitrogens with one attached hydrogen (secondary N) is 1. The molecule has 0 radical (unpaired) electrons. The van der Waals surface area contributed by atoms with Crippen LogP contribution in [0, 0.1) is 5.92 Å². The molecular formula is C13H19N5O. The zero-order valence-electron chi connectivity index (χ0n) is 11.0. The van der Waals surface area contributed by atoms with Crippen molar-refractivity contribution in [2.45, 2.75) is 26.0 Å². The largest absolute Gasteiger partial charge is 0.391 e. The minimum absolute atomic E-state index is 0.213. The quantitative estimate of drug-likeness (QED) is 0.758. The van der Waals surface area contributed by atoms with Crippen LogP contribution in [0.2, 0.25) is 0 Å². The van der Waals surface area contributed by atoms with Crippen molar-refractivity contribution in [1.29, 1.82) is 0 Å². The van der Waals surface area contributed by atoms with Gasteiger partial charge in [-0.3, -0.25) is 4.90 Å². The number of nitrogens with two attached hydrogens (primary N) is 1. The second-order valence-electron chi connectivity index (χ2n) is 5.23. The van der Waals surface area contributed by atoms with Crippen molar-refractivity contribution < 1.29 is 5.11 Å². The predicted molar refractivity (Wildman–Crippen MR) is 73.4 cm³/mol. The van der Waals surface area contributed by atoms with E-state index in [9.17, 15) is 5.11 Å². The molecular weight excluding hydrogens is 242 g/mol. The lowest BCUT2D eigenvalue weighted by molar-refractivity contribution is 0.139. The van der Waals surface area contributed by atoms with Gasteiger partial charge in [-0.25, -0.2) is 9.97 Å². The van der Waals surface area contributed by atoms with Gasteiger partial charge < -0.3 is 15.8 Å². The van der Waals surface area contributed by atoms with Gasteiger partial charge in [-0.2, -0.15) is 0 Å². The van der Waals surface area contributed by atoms with Gasteiger partial charge in [0.2, 0.25) is 0 Å². The molecule has 3 rings (SSSR count). The minimum atomic E-state index is -0.213. The molecule has 2 atom stereocenters. The fourth-order valence-electron chi connectivity index (χ4n) is 2.85. The molecule has 0 bridgehead atoms. The Kier molecular flexibility index (Phi) is 3.12. The highest BCUT2D eigenvalue weighted by molar-refractivity contribution is 5.86. The number of aliphatic hydroxyl groups excluding tert-OH is 1. The Labute approximate surface area is 111 Å². The molecule has 1 aliphatic heterocycles. The fourth-order valence-corrected chi connectivity index (χ4v) is 2.85. The molecule has 1 aliphatic rings. The number of nitrogen functional groups attached to an aromatic ring is 1. The molecule has 0 aromatic carbocycles. The van der Waals surface area contributed by atoms with Gasteiger partial charge in [0.05, 0.1) is 11.6 Å². The Morgan fingerprint density at radius 3 is 3.05 bits per heavy atom. The molecule has 0 unspecified atom stereocenters. The second kappa shape index (κ2) is 4.79. The summed E-state index contributed by atoms with van der Waals surface area (Å²) >= 11 is 0. The lowest BCUT2D eigenvalue weighted by Crippen LogP contribution is -2.21. The number of hydrogen-bond acceptors (Lipinski definition) is 5. The molecule has 2 aromatic rings. The molecule has 0 saturated carbocycles. The van der Waals surface area contributed by atoms with Gasteiger partial charge in [-0.1, -0.05) is 6.92 Å². The first kappa shape index (κ1) is 12.4. The molecule has 102 valence electrons. The number of nitrogens with zero attached hydrogens (tertiary/aromatic N) is 3. The maximum absolute atomic E-state index is 9.95. The summed E-state index contributed by atoms with van der Waals surface area (Å²) in [4.78, 5) is 13.7. The number of aromatic nitrogens is 3. The number of aromatic amines is 1. The zero-order chi connectivity index (χ0) is 13.4. The molecule has 1 fully saturated rings. The van der Waals surface area contributed by atoms with Crippen LogP contribution in [0.5, 0.6) is 0 Å². The third-order valence-electron chi connectivity index (χ3n) is 3.97. The second-order valence-corrected chi connectivity index (χ2v) is 5.23. The Morgan fingerprint density at radius 2 is 2.32 bits per heavy atom. The summed E-state index contributed by atoms with van der Waals surface area (Å²) in [5.41, 5.74) is 8.58. The van der Waals surface area contributed by atoms with Gasteiger partial charge in [-0.15, -0.1) is 0 Å². The van der Waals surface area contributed by atoms with E-state index in [1.807, 2.05) is 6.20 Å². The molecule has 1 saturated heterocycles. The molecule has 4 N–H and O–H groups in total. The number of hydrogen-bond donors (Lipinski definition) is 3. The van der Waals surface area contributed by atoms with E-state index in [0.29, 0.717) is 11.7 Å². The molecule has 19 heavy (non-hydrogen) atoms. The average molecular weight is 261 g/mol. The monoisotopic (exact) mass is 261 g/mol. The molecule has 0 amide bonds. The van der Waals surface area contributed by atoms with E-state index >= 15 is 0 Å². The topological polar surface area (TPSA) is 91.1 Å². The summed E-state index contributed by atoms with van der Waals surface area (Å²) < 4.78 is 0. The Hall–Kier alpha value is -1.66. The van der Waals surface area contributed by atoms with Crippen molar-refractivity contribution >= 4 is 16.9 Å². The molecule has 3 heterocycles. The third-order valence-corrected chi connectivity index (χ3v) is 3.97. The van der Waals surface area contributed by atoms with Crippen LogP contribution in [0.1, 0.15) is 18.9 Å². The van der Waals surface area contributed by atoms with E-state index in [4.69, 9.17) is 5.73 Å². The lowest BCUT2D eigenvalue weighted by Gasteiger charge is -2.14. The van der Waals surface area contributed by atoms with E-state index in [0.717, 1.165) is 42.7 Å². The molecule has 6 nitrogen and oxygen atoms in total. The van der Waals surface area contributed by atoms with E-state index in [1.54, 1.807) is 0 Å². The highest BCUT2D eigenvalue weighted by Gasteiger charge is 2.30. The first-order chi connectivity index (χ1) is 9.19. The fraction of sp³-hybridized carbons (Fsp3) is 0.538. The van der Waals surface area contributed by atoms with Gasteiger partial charge in [0.15, 0.2) is 5.82 Å². The molecule has 0 spiro atoms. The number of anilines is 1. The highest BCUT2D eigenvalue weighted by Crippen LogP contribution is 2.25. The van der Waals surface area contributed by atoms with Crippen molar-refractivity contribution in [3.8, 4) is 0 Å². The van der Waals surface area contributed by atoms with Crippen molar-refractivity contribution in [1.82, 2.24) is 19.9 Å². The maximum Gasteiger partial charge on any atom is 0.151 e. The summed E-state index contributed by atoms with van der Waals surface area (Å²) in [5, 5.41) is 9.95. The van der Waals surface area contributed by atoms with Crippen LogP contribution in [0.3, 0.4) is 0 Å². The standard InChI is InChI=1S/C13H19N5O/c1-2-8-4-18(6-10(8)19)5-9-3-15-12-11(9)16-7-17-13(12)14/h3,7-8,10,15,19H,2,4-6H2,1H3,(H2,14,16,17)/t8-,10+/m0/s1. The Balaban J connectivity index is 1.81. The van der Waals surface area contributed by atoms with Crippen LogP contribution in [-0.4, -0.2) is 44.2 Å². The van der Waals surface area contributed by atoms with Crippen LogP contribution in [0.25, 0.3) is 11.0 Å². The van der Waals surface area contributed by atoms with Crippen LogP contribution < -0.4 is 5.73 Å². The number of aliphatic hydroxyl groups is 1. The van der Waals surface area contributed by atoms with Crippen molar-refractivity contribution in [2.75, 3.05) is 18.8 Å². The average Bonchev–Trinajstić information content (AvgIpc) is 2.95. The SMILES string of the molecule is CC[C@H]1CN(Cc2c[nH]c3c(N)ncnc23)C[C@H]1O. The van der Waals surface area contributed by atoms with Crippen molar-refractivity contribution in [2.24, 2.45) is 5.92 Å². The summed E-state index contributed by atoms with van der Waals surface area (Å²) in [5.74, 6) is 0.856. The third kappa shape index (κ3) is 2.17. The van der Waals surface area contributed by atoms with Crippen LogP contribution in [0.15, 0.2) is 12.5 Å². The van der Waals surface area contributed by atoms with E-state index in [2.05, 4.69) is 26.8 Å². The van der Waals surface area contributed by atoms with Crippen molar-refractivity contribution in [3.63, 3.8) is 0 Å². The first-order valence-corrected chi connectivity index (χ1v) is 6.66. The van der Waals surface area contributed by atoms with Gasteiger partial charge >= 0.3 is 0 Å². The number of β-amino-alcohol motifs (C(OH)–C–C–N with tert-alkyl or cyclic N) is 1. The van der Waals surface area contributed by atoms with E-state index < -0.39 is 0 Å². The van der Waals surface area contributed by atoms with Crippen LogP contribution >= 0.6 is 0 Å². The molecule has 0 aliphatic carbocycles.